The third kappa shape index (κ3) is 2.93. The van der Waals surface area contributed by atoms with Crippen LogP contribution in [-0.4, -0.2) is 15.8 Å². The molecule has 0 amide bonds. The third-order valence-corrected chi connectivity index (χ3v) is 3.77. The molecular weight excluding hydrogens is 248 g/mol. The van der Waals surface area contributed by atoms with Gasteiger partial charge >= 0.3 is 0 Å². The van der Waals surface area contributed by atoms with Crippen LogP contribution in [0, 0.1) is 0 Å². The zero-order valence-corrected chi connectivity index (χ0v) is 11.5. The van der Waals surface area contributed by atoms with Gasteiger partial charge in [0.25, 0.3) is 0 Å². The average Bonchev–Trinajstić information content (AvgIpc) is 2.68. The highest BCUT2D eigenvalue weighted by atomic mass is 16.1. The van der Waals surface area contributed by atoms with E-state index in [0.29, 0.717) is 6.42 Å². The molecule has 0 saturated heterocycles. The van der Waals surface area contributed by atoms with Crippen LogP contribution in [-0.2, 0) is 19.3 Å². The Kier molecular flexibility index (Phi) is 3.86. The molecule has 1 heterocycles. The van der Waals surface area contributed by atoms with Crippen molar-refractivity contribution in [3.63, 3.8) is 0 Å². The number of aromatic nitrogens is 2. The molecule has 0 atom stereocenters. The molecule has 0 aliphatic heterocycles. The zero-order chi connectivity index (χ0) is 13.8. The minimum Gasteiger partial charge on any atom is -0.294 e. The Morgan fingerprint density at radius 1 is 1.00 bits per heavy atom. The largest absolute Gasteiger partial charge is 0.294 e. The first-order valence-electron chi connectivity index (χ1n) is 7.25. The fourth-order valence-electron chi connectivity index (χ4n) is 2.62. The standard InChI is InChI=1S/C17H18N2O/c20-16-9-5-4-8-15-14(16)12-18-17(19-15)11-10-13-6-2-1-3-7-13/h1-3,6-7,12H,4-5,8-11H2. The van der Waals surface area contributed by atoms with Gasteiger partial charge in [0.2, 0.25) is 0 Å². The summed E-state index contributed by atoms with van der Waals surface area (Å²) in [5.41, 5.74) is 2.98. The fraction of sp³-hybridized carbons (Fsp3) is 0.353. The van der Waals surface area contributed by atoms with Crippen molar-refractivity contribution in [2.45, 2.75) is 38.5 Å². The van der Waals surface area contributed by atoms with Gasteiger partial charge in [-0.15, -0.1) is 0 Å². The van der Waals surface area contributed by atoms with Gasteiger partial charge in [-0.1, -0.05) is 30.3 Å². The van der Waals surface area contributed by atoms with Crippen LogP contribution in [0.3, 0.4) is 0 Å². The van der Waals surface area contributed by atoms with E-state index in [1.165, 1.54) is 5.56 Å². The summed E-state index contributed by atoms with van der Waals surface area (Å²) in [4.78, 5) is 20.9. The van der Waals surface area contributed by atoms with Crippen LogP contribution >= 0.6 is 0 Å². The van der Waals surface area contributed by atoms with Gasteiger partial charge in [-0.05, 0) is 31.2 Å². The van der Waals surface area contributed by atoms with Gasteiger partial charge in [0, 0.05) is 19.0 Å². The van der Waals surface area contributed by atoms with Crippen molar-refractivity contribution in [2.24, 2.45) is 0 Å². The molecule has 3 rings (SSSR count). The maximum atomic E-state index is 11.9. The van der Waals surface area contributed by atoms with E-state index in [9.17, 15) is 4.79 Å². The maximum absolute atomic E-state index is 11.9. The van der Waals surface area contributed by atoms with E-state index < -0.39 is 0 Å². The van der Waals surface area contributed by atoms with E-state index in [2.05, 4.69) is 22.1 Å². The summed E-state index contributed by atoms with van der Waals surface area (Å²) in [6, 6.07) is 10.4. The topological polar surface area (TPSA) is 42.9 Å². The molecule has 0 N–H and O–H groups in total. The van der Waals surface area contributed by atoms with Crippen molar-refractivity contribution < 1.29 is 4.79 Å². The zero-order valence-electron chi connectivity index (χ0n) is 11.5. The number of carbonyl (C=O) groups excluding carboxylic acids is 1. The van der Waals surface area contributed by atoms with Gasteiger partial charge < -0.3 is 0 Å². The number of rotatable bonds is 3. The lowest BCUT2D eigenvalue weighted by atomic mass is 10.1. The predicted octanol–water partition coefficient (Wildman–Crippen LogP) is 3.17. The number of ketones is 1. The Morgan fingerprint density at radius 2 is 1.80 bits per heavy atom. The summed E-state index contributed by atoms with van der Waals surface area (Å²) in [6.45, 7) is 0. The second kappa shape index (κ2) is 5.95. The monoisotopic (exact) mass is 266 g/mol. The molecule has 0 fully saturated rings. The van der Waals surface area contributed by atoms with E-state index in [1.807, 2.05) is 18.2 Å². The summed E-state index contributed by atoms with van der Waals surface area (Å²) < 4.78 is 0. The highest BCUT2D eigenvalue weighted by Gasteiger charge is 2.17. The van der Waals surface area contributed by atoms with Crippen LogP contribution in [0.15, 0.2) is 36.5 Å². The van der Waals surface area contributed by atoms with E-state index in [-0.39, 0.29) is 5.78 Å². The van der Waals surface area contributed by atoms with Crippen LogP contribution in [0.4, 0.5) is 0 Å². The molecular formula is C17H18N2O. The molecule has 2 aromatic rings. The predicted molar refractivity (Wildman–Crippen MR) is 77.8 cm³/mol. The summed E-state index contributed by atoms with van der Waals surface area (Å²) in [6.07, 6.45) is 7.06. The lowest BCUT2D eigenvalue weighted by molar-refractivity contribution is 0.0981. The lowest BCUT2D eigenvalue weighted by Gasteiger charge is -2.06. The molecule has 1 aromatic carbocycles. The Hall–Kier alpha value is -2.03. The number of benzene rings is 1. The van der Waals surface area contributed by atoms with Gasteiger partial charge in [0.05, 0.1) is 11.3 Å². The summed E-state index contributed by atoms with van der Waals surface area (Å²) in [7, 11) is 0. The second-order valence-corrected chi connectivity index (χ2v) is 5.26. The number of aryl methyl sites for hydroxylation is 3. The van der Waals surface area contributed by atoms with Crippen LogP contribution in [0.5, 0.6) is 0 Å². The number of Topliss-reactive ketones (excluding diaryl/α,β-unsaturated/α-hetero) is 1. The van der Waals surface area contributed by atoms with E-state index >= 15 is 0 Å². The highest BCUT2D eigenvalue weighted by molar-refractivity contribution is 5.97. The molecule has 0 unspecified atom stereocenters. The quantitative estimate of drug-likeness (QED) is 0.801. The first kappa shape index (κ1) is 13.0. The number of hydrogen-bond acceptors (Lipinski definition) is 3. The smallest absolute Gasteiger partial charge is 0.166 e. The van der Waals surface area contributed by atoms with Crippen molar-refractivity contribution in [1.29, 1.82) is 0 Å². The number of nitrogens with zero attached hydrogens (tertiary/aromatic N) is 2. The van der Waals surface area contributed by atoms with Crippen molar-refractivity contribution >= 4 is 5.78 Å². The molecule has 3 nitrogen and oxygen atoms in total. The van der Waals surface area contributed by atoms with E-state index in [0.717, 1.165) is 49.2 Å². The second-order valence-electron chi connectivity index (χ2n) is 5.26. The Balaban J connectivity index is 1.75. The SMILES string of the molecule is O=C1CCCCc2nc(CCc3ccccc3)ncc21. The van der Waals surface area contributed by atoms with Crippen molar-refractivity contribution in [2.75, 3.05) is 0 Å². The van der Waals surface area contributed by atoms with Gasteiger partial charge in [-0.3, -0.25) is 4.79 Å². The molecule has 3 heteroatoms. The molecule has 1 aliphatic rings. The van der Waals surface area contributed by atoms with E-state index in [4.69, 9.17) is 0 Å². The van der Waals surface area contributed by atoms with Gasteiger partial charge in [0.15, 0.2) is 5.78 Å². The highest BCUT2D eigenvalue weighted by Crippen LogP contribution is 2.18. The van der Waals surface area contributed by atoms with Crippen LogP contribution in [0.25, 0.3) is 0 Å². The first-order valence-corrected chi connectivity index (χ1v) is 7.25. The molecule has 102 valence electrons. The van der Waals surface area contributed by atoms with Gasteiger partial charge in [0.1, 0.15) is 5.82 Å². The molecule has 0 bridgehead atoms. The number of carbonyl (C=O) groups is 1. The summed E-state index contributed by atoms with van der Waals surface area (Å²) in [5.74, 6) is 1.05. The molecule has 1 aromatic heterocycles. The molecule has 20 heavy (non-hydrogen) atoms. The van der Waals surface area contributed by atoms with Crippen LogP contribution in [0.1, 0.15) is 46.7 Å². The minimum absolute atomic E-state index is 0.201. The minimum atomic E-state index is 0.201. The van der Waals surface area contributed by atoms with E-state index in [1.54, 1.807) is 6.20 Å². The Morgan fingerprint density at radius 3 is 2.65 bits per heavy atom. The van der Waals surface area contributed by atoms with Gasteiger partial charge in [-0.2, -0.15) is 0 Å². The maximum Gasteiger partial charge on any atom is 0.166 e. The van der Waals surface area contributed by atoms with Crippen molar-refractivity contribution in [1.82, 2.24) is 9.97 Å². The normalized spacial score (nSPS) is 14.7. The Labute approximate surface area is 119 Å². The molecule has 0 spiro atoms. The molecule has 1 aliphatic carbocycles. The van der Waals surface area contributed by atoms with Gasteiger partial charge in [-0.25, -0.2) is 9.97 Å². The lowest BCUT2D eigenvalue weighted by Crippen LogP contribution is -2.07. The van der Waals surface area contributed by atoms with Crippen molar-refractivity contribution in [3.8, 4) is 0 Å². The summed E-state index contributed by atoms with van der Waals surface area (Å²) >= 11 is 0. The molecule has 0 saturated carbocycles. The summed E-state index contributed by atoms with van der Waals surface area (Å²) in [5, 5.41) is 0. The number of hydrogen-bond donors (Lipinski definition) is 0. The Bertz CT molecular complexity index is 608. The number of fused-ring (bicyclic) bond motifs is 1. The van der Waals surface area contributed by atoms with Crippen LogP contribution in [0.2, 0.25) is 0 Å². The fourth-order valence-corrected chi connectivity index (χ4v) is 2.62. The third-order valence-electron chi connectivity index (χ3n) is 3.77. The first-order chi connectivity index (χ1) is 9.83. The molecule has 0 radical (unpaired) electrons. The van der Waals surface area contributed by atoms with Crippen LogP contribution < -0.4 is 0 Å². The average molecular weight is 266 g/mol. The van der Waals surface area contributed by atoms with Crippen molar-refractivity contribution in [3.05, 3.63) is 59.2 Å².